The summed E-state index contributed by atoms with van der Waals surface area (Å²) >= 11 is 12.8. The van der Waals surface area contributed by atoms with E-state index in [1.807, 2.05) is 98.6 Å². The molecule has 348 valence electrons. The Morgan fingerprint density at radius 1 is 0.924 bits per heavy atom. The van der Waals surface area contributed by atoms with E-state index in [4.69, 9.17) is 33.7 Å². The van der Waals surface area contributed by atoms with Crippen molar-refractivity contribution in [3.63, 3.8) is 0 Å². The molecule has 66 heavy (non-hydrogen) atoms. The first-order valence-electron chi connectivity index (χ1n) is 22.3. The van der Waals surface area contributed by atoms with E-state index >= 15 is 4.79 Å². The number of piperidine rings is 1. The average Bonchev–Trinajstić information content (AvgIpc) is 3.65. The summed E-state index contributed by atoms with van der Waals surface area (Å²) in [5.74, 6) is -1.06. The molecule has 3 heterocycles. The summed E-state index contributed by atoms with van der Waals surface area (Å²) in [4.78, 5) is 68.7. The van der Waals surface area contributed by atoms with Crippen LogP contribution in [-0.4, -0.2) is 111 Å². The summed E-state index contributed by atoms with van der Waals surface area (Å²) in [5.41, 5.74) is 9.37. The zero-order chi connectivity index (χ0) is 47.0. The van der Waals surface area contributed by atoms with Gasteiger partial charge in [-0.2, -0.15) is 0 Å². The maximum absolute atomic E-state index is 15.1. The molecule has 2 saturated heterocycles. The minimum absolute atomic E-state index is 0.00579. The lowest BCUT2D eigenvalue weighted by Crippen LogP contribution is -2.65. The van der Waals surface area contributed by atoms with Gasteiger partial charge in [-0.1, -0.05) is 71.7 Å². The molecule has 2 aliphatic heterocycles. The van der Waals surface area contributed by atoms with Gasteiger partial charge in [0.1, 0.15) is 29.4 Å². The van der Waals surface area contributed by atoms with Crippen LogP contribution in [0, 0.1) is 5.92 Å². The van der Waals surface area contributed by atoms with E-state index in [9.17, 15) is 19.5 Å². The summed E-state index contributed by atoms with van der Waals surface area (Å²) in [6.45, 7) is 0.410. The topological polar surface area (TPSA) is 175 Å². The second kappa shape index (κ2) is 21.7. The Hall–Kier alpha value is -5.77. The fourth-order valence-corrected chi connectivity index (χ4v) is 9.30. The number of aromatic nitrogens is 2. The summed E-state index contributed by atoms with van der Waals surface area (Å²) < 4.78 is 8.52. The maximum atomic E-state index is 15.1. The third-order valence-corrected chi connectivity index (χ3v) is 12.9. The fourth-order valence-electron chi connectivity index (χ4n) is 9.01. The van der Waals surface area contributed by atoms with Crippen LogP contribution in [0.5, 0.6) is 11.5 Å². The molecule has 2 fully saturated rings. The number of nitrogens with zero attached hydrogens (tertiary/aromatic N) is 5. The van der Waals surface area contributed by atoms with Gasteiger partial charge in [-0.05, 0) is 112 Å². The molecule has 2 aliphatic rings. The van der Waals surface area contributed by atoms with Gasteiger partial charge in [0, 0.05) is 47.7 Å². The summed E-state index contributed by atoms with van der Waals surface area (Å²) in [6.07, 6.45) is 3.33. The van der Waals surface area contributed by atoms with Gasteiger partial charge in [0.05, 0.1) is 43.0 Å². The summed E-state index contributed by atoms with van der Waals surface area (Å²) in [5, 5.41) is 17.5. The monoisotopic (exact) mass is 936 g/mol. The molecule has 7 rings (SSSR count). The molecule has 0 spiro atoms. The number of imidazole rings is 1. The van der Waals surface area contributed by atoms with Crippen molar-refractivity contribution in [2.45, 2.75) is 69.2 Å². The molecule has 0 saturated carbocycles. The maximum Gasteiger partial charge on any atom is 0.245 e. The molecule has 5 aromatic rings. The lowest BCUT2D eigenvalue weighted by molar-refractivity contribution is -0.148. The van der Waals surface area contributed by atoms with Crippen molar-refractivity contribution < 1.29 is 29.0 Å². The molecule has 0 unspecified atom stereocenters. The number of rotatable bonds is 14. The number of benzene rings is 4. The molecule has 0 radical (unpaired) electrons. The van der Waals surface area contributed by atoms with Crippen molar-refractivity contribution in [2.75, 3.05) is 40.3 Å². The molecular formula is C50H58Cl2N8O6. The fraction of sp³-hybridized carbons (Fsp3) is 0.380. The van der Waals surface area contributed by atoms with E-state index in [0.29, 0.717) is 59.5 Å². The second-order valence-electron chi connectivity index (χ2n) is 17.6. The summed E-state index contributed by atoms with van der Waals surface area (Å²) in [6, 6.07) is 26.8. The van der Waals surface area contributed by atoms with Crippen LogP contribution in [-0.2, 0) is 52.2 Å². The molecule has 5 N–H and O–H groups in total. The smallest absolute Gasteiger partial charge is 0.245 e. The van der Waals surface area contributed by atoms with Crippen LogP contribution in [0.2, 0.25) is 10.0 Å². The predicted octanol–water partition coefficient (Wildman–Crippen LogP) is 5.75. The van der Waals surface area contributed by atoms with E-state index in [1.54, 1.807) is 35.2 Å². The minimum Gasteiger partial charge on any atom is -0.457 e. The Morgan fingerprint density at radius 2 is 1.65 bits per heavy atom. The summed E-state index contributed by atoms with van der Waals surface area (Å²) in [7, 11) is 5.96. The van der Waals surface area contributed by atoms with Gasteiger partial charge < -0.3 is 45.5 Å². The highest BCUT2D eigenvalue weighted by molar-refractivity contribution is 6.31. The highest BCUT2D eigenvalue weighted by atomic mass is 35.5. The van der Waals surface area contributed by atoms with Crippen LogP contribution >= 0.6 is 23.2 Å². The van der Waals surface area contributed by atoms with E-state index in [2.05, 4.69) is 20.5 Å². The number of amides is 4. The lowest BCUT2D eigenvalue weighted by atomic mass is 9.81. The van der Waals surface area contributed by atoms with Gasteiger partial charge in [-0.3, -0.25) is 19.2 Å². The first-order chi connectivity index (χ1) is 31.7. The molecule has 4 atom stereocenters. The highest BCUT2D eigenvalue weighted by Crippen LogP contribution is 2.34. The predicted molar refractivity (Wildman–Crippen MR) is 255 cm³/mol. The standard InChI is InChI=1S/C50H58Cl2N8O6/c1-57(2)30-45-54-28-43(58(45)3)35-13-18-40(19-14-35)66-44-26-39(52)17-12-36(44)29-60-42(20-22-53)48(64)55-41(31-61)47(63)56-50(27-34-10-15-38(51)16-11-34)21-7-23-59(32-50)49(65)37(25-46(60)62)24-33-8-5-4-6-9-33/h4-6,8-19,26,28,37,41-42,61H,7,20-25,27,29-32,53H2,1-3H3,(H,55,64)(H,56,63)/t37-,41+,42+,50-/m1/s1. The molecule has 14 nitrogen and oxygen atoms in total. The van der Waals surface area contributed by atoms with Crippen molar-refractivity contribution in [2.24, 2.45) is 18.7 Å². The number of aliphatic hydroxyl groups excluding tert-OH is 1. The number of ether oxygens (including phenoxy) is 1. The van der Waals surface area contributed by atoms with Crippen molar-refractivity contribution >= 4 is 46.8 Å². The molecule has 16 heteroatoms. The number of hydrogen-bond donors (Lipinski definition) is 4. The zero-order valence-corrected chi connectivity index (χ0v) is 39.1. The van der Waals surface area contributed by atoms with Gasteiger partial charge >= 0.3 is 0 Å². The second-order valence-corrected chi connectivity index (χ2v) is 18.5. The number of fused-ring (bicyclic) bond motifs is 2. The Kier molecular flexibility index (Phi) is 15.8. The van der Waals surface area contributed by atoms with E-state index < -0.39 is 47.9 Å². The first kappa shape index (κ1) is 48.2. The van der Waals surface area contributed by atoms with Gasteiger partial charge in [0.25, 0.3) is 0 Å². The van der Waals surface area contributed by atoms with Gasteiger partial charge in [0.15, 0.2) is 0 Å². The van der Waals surface area contributed by atoms with Crippen LogP contribution < -0.4 is 21.1 Å². The van der Waals surface area contributed by atoms with Gasteiger partial charge in [0.2, 0.25) is 23.6 Å². The number of halogens is 2. The van der Waals surface area contributed by atoms with Crippen molar-refractivity contribution in [1.82, 2.24) is 34.9 Å². The average molecular weight is 938 g/mol. The van der Waals surface area contributed by atoms with Crippen molar-refractivity contribution in [1.29, 1.82) is 0 Å². The number of hydrogen-bond acceptors (Lipinski definition) is 9. The Balaban J connectivity index is 1.24. The van der Waals surface area contributed by atoms with E-state index in [-0.39, 0.29) is 44.8 Å². The van der Waals surface area contributed by atoms with Crippen LogP contribution in [0.1, 0.15) is 48.2 Å². The zero-order valence-electron chi connectivity index (χ0n) is 37.6. The highest BCUT2D eigenvalue weighted by Gasteiger charge is 2.43. The van der Waals surface area contributed by atoms with Crippen LogP contribution in [0.15, 0.2) is 103 Å². The van der Waals surface area contributed by atoms with Crippen LogP contribution in [0.25, 0.3) is 11.3 Å². The number of aliphatic hydroxyl groups is 1. The molecular weight excluding hydrogens is 880 g/mol. The Labute approximate surface area is 396 Å². The first-order valence-corrected chi connectivity index (χ1v) is 23.0. The van der Waals surface area contributed by atoms with E-state index in [1.165, 1.54) is 4.90 Å². The van der Waals surface area contributed by atoms with Gasteiger partial charge in [-0.25, -0.2) is 4.98 Å². The largest absolute Gasteiger partial charge is 0.457 e. The number of carbonyl (C=O) groups is 4. The third-order valence-electron chi connectivity index (χ3n) is 12.4. The van der Waals surface area contributed by atoms with Crippen LogP contribution in [0.3, 0.4) is 0 Å². The minimum atomic E-state index is -1.38. The molecule has 1 aromatic heterocycles. The van der Waals surface area contributed by atoms with Gasteiger partial charge in [-0.15, -0.1) is 0 Å². The number of nitrogens with one attached hydrogen (secondary N) is 2. The van der Waals surface area contributed by atoms with Crippen molar-refractivity contribution in [3.8, 4) is 22.8 Å². The quantitative estimate of drug-likeness (QED) is 0.108. The molecule has 0 aliphatic carbocycles. The number of carbonyl (C=O) groups excluding carboxylic acids is 4. The Bertz CT molecular complexity index is 2490. The van der Waals surface area contributed by atoms with E-state index in [0.717, 1.165) is 28.2 Å². The van der Waals surface area contributed by atoms with Crippen LogP contribution in [0.4, 0.5) is 0 Å². The molecule has 4 amide bonds. The molecule has 4 aromatic carbocycles. The molecule has 2 bridgehead atoms. The Morgan fingerprint density at radius 3 is 2.35 bits per heavy atom. The number of nitrogens with two attached hydrogens (primary N) is 1. The SMILES string of the molecule is CN(C)Cc1ncc(-c2ccc(Oc3cc(Cl)ccc3CN3C(=O)C[C@@H](Cc4ccccc4)C(=O)N4CCC[C@@](Cc5ccc(Cl)cc5)(C4)NC(=O)[C@H](CO)NC(=O)[C@@H]3CCN)cc2)n1C. The normalized spacial score (nSPS) is 20.8. The lowest BCUT2D eigenvalue weighted by Gasteiger charge is -2.45. The third kappa shape index (κ3) is 11.8. The van der Waals surface area contributed by atoms with Crippen molar-refractivity contribution in [3.05, 3.63) is 136 Å².